The SMILES string of the molecule is CCCCCCCCCCCCC(CCC(O)CC(=O)O)OCc1ccccc1. The van der Waals surface area contributed by atoms with Crippen LogP contribution in [0, 0.1) is 0 Å². The van der Waals surface area contributed by atoms with Crippen molar-refractivity contribution in [2.75, 3.05) is 0 Å². The summed E-state index contributed by atoms with van der Waals surface area (Å²) in [5, 5.41) is 18.7. The molecular weight excluding hydrogens is 364 g/mol. The molecule has 166 valence electrons. The van der Waals surface area contributed by atoms with E-state index < -0.39 is 12.1 Å². The van der Waals surface area contributed by atoms with Gasteiger partial charge in [0.15, 0.2) is 0 Å². The number of carbonyl (C=O) groups is 1. The fraction of sp³-hybridized carbons (Fsp3) is 0.720. The number of benzene rings is 1. The minimum atomic E-state index is -0.950. The number of aliphatic hydroxyl groups is 1. The van der Waals surface area contributed by atoms with Gasteiger partial charge in [-0.05, 0) is 24.8 Å². The van der Waals surface area contributed by atoms with E-state index in [1.807, 2.05) is 18.2 Å². The number of unbranched alkanes of at least 4 members (excludes halogenated alkanes) is 9. The number of rotatable bonds is 19. The van der Waals surface area contributed by atoms with Gasteiger partial charge in [-0.2, -0.15) is 0 Å². The van der Waals surface area contributed by atoms with Crippen LogP contribution in [-0.4, -0.2) is 28.4 Å². The van der Waals surface area contributed by atoms with Crippen LogP contribution in [0.2, 0.25) is 0 Å². The summed E-state index contributed by atoms with van der Waals surface area (Å²) in [6.07, 6.45) is 14.3. The second-order valence-corrected chi connectivity index (χ2v) is 8.22. The molecule has 2 atom stereocenters. The first-order chi connectivity index (χ1) is 14.1. The van der Waals surface area contributed by atoms with Crippen LogP contribution >= 0.6 is 0 Å². The van der Waals surface area contributed by atoms with E-state index in [1.165, 1.54) is 57.8 Å². The second-order valence-electron chi connectivity index (χ2n) is 8.22. The Hall–Kier alpha value is -1.39. The summed E-state index contributed by atoms with van der Waals surface area (Å²) in [7, 11) is 0. The molecular formula is C25H42O4. The van der Waals surface area contributed by atoms with Gasteiger partial charge in [0.05, 0.1) is 25.2 Å². The lowest BCUT2D eigenvalue weighted by atomic mass is 10.0. The fourth-order valence-corrected chi connectivity index (χ4v) is 3.64. The van der Waals surface area contributed by atoms with Gasteiger partial charge in [0.1, 0.15) is 0 Å². The number of aliphatic hydroxyl groups excluding tert-OH is 1. The molecule has 0 amide bonds. The molecule has 0 saturated carbocycles. The van der Waals surface area contributed by atoms with Crippen LogP contribution in [-0.2, 0) is 16.1 Å². The molecule has 0 heterocycles. The number of carboxylic acid groups (broad SMARTS) is 1. The molecule has 29 heavy (non-hydrogen) atoms. The number of ether oxygens (including phenoxy) is 1. The van der Waals surface area contributed by atoms with Crippen LogP contribution in [0.3, 0.4) is 0 Å². The third-order valence-electron chi connectivity index (χ3n) is 5.44. The molecule has 1 rings (SSSR count). The quantitative estimate of drug-likeness (QED) is 0.257. The van der Waals surface area contributed by atoms with E-state index >= 15 is 0 Å². The molecule has 0 aliphatic carbocycles. The van der Waals surface area contributed by atoms with E-state index in [2.05, 4.69) is 19.1 Å². The molecule has 0 aliphatic heterocycles. The summed E-state index contributed by atoms with van der Waals surface area (Å²) < 4.78 is 6.11. The van der Waals surface area contributed by atoms with Crippen LogP contribution < -0.4 is 0 Å². The third-order valence-corrected chi connectivity index (χ3v) is 5.44. The second kappa shape index (κ2) is 17.5. The highest BCUT2D eigenvalue weighted by atomic mass is 16.5. The Balaban J connectivity index is 2.23. The topological polar surface area (TPSA) is 66.8 Å². The van der Waals surface area contributed by atoms with Gasteiger partial charge in [0, 0.05) is 0 Å². The number of hydrogen-bond acceptors (Lipinski definition) is 3. The van der Waals surface area contributed by atoms with E-state index in [0.29, 0.717) is 19.4 Å². The van der Waals surface area contributed by atoms with E-state index in [1.54, 1.807) is 0 Å². The fourth-order valence-electron chi connectivity index (χ4n) is 3.64. The summed E-state index contributed by atoms with van der Waals surface area (Å²) >= 11 is 0. The van der Waals surface area contributed by atoms with Crippen molar-refractivity contribution in [3.63, 3.8) is 0 Å². The standard InChI is InChI=1S/C25H42O4/c1-2-3-4-5-6-7-8-9-10-14-17-24(19-18-23(26)20-25(27)28)29-21-22-15-12-11-13-16-22/h11-13,15-16,23-24,26H,2-10,14,17-21H2,1H3,(H,27,28). The van der Waals surface area contributed by atoms with Crippen LogP contribution in [0.1, 0.15) is 102 Å². The van der Waals surface area contributed by atoms with E-state index in [9.17, 15) is 9.90 Å². The molecule has 0 fully saturated rings. The molecule has 1 aromatic carbocycles. The highest BCUT2D eigenvalue weighted by Crippen LogP contribution is 2.18. The predicted molar refractivity (Wildman–Crippen MR) is 119 cm³/mol. The highest BCUT2D eigenvalue weighted by Gasteiger charge is 2.15. The van der Waals surface area contributed by atoms with Crippen molar-refractivity contribution >= 4 is 5.97 Å². The van der Waals surface area contributed by atoms with Gasteiger partial charge in [-0.25, -0.2) is 0 Å². The Kier molecular flexibility index (Phi) is 15.4. The first-order valence-electron chi connectivity index (χ1n) is 11.7. The molecule has 2 N–H and O–H groups in total. The first kappa shape index (κ1) is 25.6. The van der Waals surface area contributed by atoms with Crippen molar-refractivity contribution in [1.82, 2.24) is 0 Å². The summed E-state index contributed by atoms with van der Waals surface area (Å²) in [4.78, 5) is 10.7. The highest BCUT2D eigenvalue weighted by molar-refractivity contribution is 5.67. The molecule has 0 saturated heterocycles. The molecule has 4 nitrogen and oxygen atoms in total. The van der Waals surface area contributed by atoms with Crippen molar-refractivity contribution in [3.05, 3.63) is 35.9 Å². The average Bonchev–Trinajstić information content (AvgIpc) is 2.71. The Morgan fingerprint density at radius 2 is 1.45 bits per heavy atom. The largest absolute Gasteiger partial charge is 0.481 e. The normalized spacial score (nSPS) is 13.3. The lowest BCUT2D eigenvalue weighted by Crippen LogP contribution is -2.19. The molecule has 0 radical (unpaired) electrons. The zero-order valence-corrected chi connectivity index (χ0v) is 18.4. The van der Waals surface area contributed by atoms with Crippen molar-refractivity contribution in [2.24, 2.45) is 0 Å². The van der Waals surface area contributed by atoms with Gasteiger partial charge in [-0.3, -0.25) is 4.79 Å². The van der Waals surface area contributed by atoms with Gasteiger partial charge < -0.3 is 14.9 Å². The summed E-state index contributed by atoms with van der Waals surface area (Å²) in [6.45, 7) is 2.82. The van der Waals surface area contributed by atoms with Gasteiger partial charge in [-0.1, -0.05) is 101 Å². The van der Waals surface area contributed by atoms with Crippen molar-refractivity contribution in [3.8, 4) is 0 Å². The monoisotopic (exact) mass is 406 g/mol. The first-order valence-corrected chi connectivity index (χ1v) is 11.7. The zero-order valence-electron chi connectivity index (χ0n) is 18.4. The van der Waals surface area contributed by atoms with Gasteiger partial charge >= 0.3 is 5.97 Å². The number of carboxylic acids is 1. The van der Waals surface area contributed by atoms with Crippen molar-refractivity contribution in [2.45, 2.75) is 116 Å². The van der Waals surface area contributed by atoms with E-state index in [-0.39, 0.29) is 12.5 Å². The zero-order chi connectivity index (χ0) is 21.2. The molecule has 0 spiro atoms. The summed E-state index contributed by atoms with van der Waals surface area (Å²) in [6, 6.07) is 10.1. The van der Waals surface area contributed by atoms with Gasteiger partial charge in [-0.15, -0.1) is 0 Å². The predicted octanol–water partition coefficient (Wildman–Crippen LogP) is 6.50. The summed E-state index contributed by atoms with van der Waals surface area (Å²) in [5.74, 6) is -0.950. The lowest BCUT2D eigenvalue weighted by molar-refractivity contribution is -0.139. The maximum atomic E-state index is 10.7. The molecule has 0 aliphatic rings. The molecule has 0 bridgehead atoms. The van der Waals surface area contributed by atoms with Crippen LogP contribution in [0.15, 0.2) is 30.3 Å². The Morgan fingerprint density at radius 3 is 2.03 bits per heavy atom. The molecule has 0 aromatic heterocycles. The molecule has 1 aromatic rings. The third kappa shape index (κ3) is 15.2. The van der Waals surface area contributed by atoms with Crippen molar-refractivity contribution in [1.29, 1.82) is 0 Å². The van der Waals surface area contributed by atoms with Gasteiger partial charge in [0.25, 0.3) is 0 Å². The lowest BCUT2D eigenvalue weighted by Gasteiger charge is -2.19. The maximum absolute atomic E-state index is 10.7. The minimum absolute atomic E-state index is 0.0766. The van der Waals surface area contributed by atoms with Crippen LogP contribution in [0.4, 0.5) is 0 Å². The Labute approximate surface area is 177 Å². The summed E-state index contributed by atoms with van der Waals surface area (Å²) in [5.41, 5.74) is 1.15. The molecule has 4 heteroatoms. The molecule has 2 unspecified atom stereocenters. The Bertz CT molecular complexity index is 503. The maximum Gasteiger partial charge on any atom is 0.305 e. The van der Waals surface area contributed by atoms with Crippen LogP contribution in [0.5, 0.6) is 0 Å². The number of hydrogen-bond donors (Lipinski definition) is 2. The van der Waals surface area contributed by atoms with Gasteiger partial charge in [0.2, 0.25) is 0 Å². The van der Waals surface area contributed by atoms with E-state index in [0.717, 1.165) is 18.4 Å². The Morgan fingerprint density at radius 1 is 0.862 bits per heavy atom. The average molecular weight is 407 g/mol. The van der Waals surface area contributed by atoms with E-state index in [4.69, 9.17) is 9.84 Å². The van der Waals surface area contributed by atoms with Crippen molar-refractivity contribution < 1.29 is 19.7 Å². The van der Waals surface area contributed by atoms with Crippen LogP contribution in [0.25, 0.3) is 0 Å². The minimum Gasteiger partial charge on any atom is -0.481 e. The number of aliphatic carboxylic acids is 1. The smallest absolute Gasteiger partial charge is 0.305 e.